The highest BCUT2D eigenvalue weighted by Crippen LogP contribution is 2.25. The number of amides is 2. The summed E-state index contributed by atoms with van der Waals surface area (Å²) in [6.07, 6.45) is 3.15. The smallest absolute Gasteiger partial charge is 0.257 e. The minimum Gasteiger partial charge on any atom is -0.495 e. The number of ether oxygens (including phenoxy) is 1. The molecule has 0 aliphatic heterocycles. The Kier molecular flexibility index (Phi) is 6.21. The van der Waals surface area contributed by atoms with Crippen LogP contribution in [0.15, 0.2) is 84.9 Å². The number of hydrogen-bond acceptors (Lipinski definition) is 3. The van der Waals surface area contributed by atoms with Gasteiger partial charge in [-0.15, -0.1) is 0 Å². The van der Waals surface area contributed by atoms with Gasteiger partial charge in [0.1, 0.15) is 5.75 Å². The fraction of sp³-hybridized carbons (Fsp3) is 0.0435. The van der Waals surface area contributed by atoms with Gasteiger partial charge in [-0.2, -0.15) is 0 Å². The van der Waals surface area contributed by atoms with Crippen LogP contribution in [0.25, 0.3) is 6.08 Å². The van der Waals surface area contributed by atoms with Crippen LogP contribution in [0.3, 0.4) is 0 Å². The summed E-state index contributed by atoms with van der Waals surface area (Å²) in [5.41, 5.74) is 2.26. The molecule has 2 N–H and O–H groups in total. The largest absolute Gasteiger partial charge is 0.495 e. The Morgan fingerprint density at radius 2 is 1.43 bits per heavy atom. The molecule has 0 saturated heterocycles. The van der Waals surface area contributed by atoms with Gasteiger partial charge in [-0.05, 0) is 35.9 Å². The molecule has 0 atom stereocenters. The summed E-state index contributed by atoms with van der Waals surface area (Å²) in [5, 5.41) is 5.57. The van der Waals surface area contributed by atoms with E-state index in [1.807, 2.05) is 36.4 Å². The maximum Gasteiger partial charge on any atom is 0.257 e. The van der Waals surface area contributed by atoms with Gasteiger partial charge in [0, 0.05) is 6.08 Å². The molecule has 0 radical (unpaired) electrons. The second kappa shape index (κ2) is 9.19. The van der Waals surface area contributed by atoms with Crippen LogP contribution in [-0.4, -0.2) is 18.9 Å². The molecule has 5 heteroatoms. The average molecular weight is 372 g/mol. The van der Waals surface area contributed by atoms with E-state index in [0.717, 1.165) is 5.56 Å². The summed E-state index contributed by atoms with van der Waals surface area (Å²) in [5.74, 6) is -0.100. The van der Waals surface area contributed by atoms with Gasteiger partial charge in [-0.3, -0.25) is 9.59 Å². The number of carbonyl (C=O) groups is 2. The molecule has 3 aromatic carbocycles. The van der Waals surface area contributed by atoms with Crippen molar-refractivity contribution >= 4 is 29.3 Å². The fourth-order valence-corrected chi connectivity index (χ4v) is 2.64. The summed E-state index contributed by atoms with van der Waals surface area (Å²) in [6.45, 7) is 0. The van der Waals surface area contributed by atoms with E-state index in [9.17, 15) is 9.59 Å². The van der Waals surface area contributed by atoms with Gasteiger partial charge in [0.05, 0.1) is 24.0 Å². The predicted octanol–water partition coefficient (Wildman–Crippen LogP) is 4.60. The van der Waals surface area contributed by atoms with Gasteiger partial charge < -0.3 is 15.4 Å². The minimum absolute atomic E-state index is 0.318. The molecule has 0 saturated carbocycles. The molecule has 0 unspecified atom stereocenters. The Labute approximate surface area is 163 Å². The van der Waals surface area contributed by atoms with E-state index >= 15 is 0 Å². The summed E-state index contributed by atoms with van der Waals surface area (Å²) in [6, 6.07) is 23.5. The van der Waals surface area contributed by atoms with E-state index in [1.165, 1.54) is 13.2 Å². The van der Waals surface area contributed by atoms with Crippen LogP contribution in [0.4, 0.5) is 11.4 Å². The molecule has 3 aromatic rings. The minimum atomic E-state index is -0.340. The molecule has 0 aliphatic rings. The van der Waals surface area contributed by atoms with E-state index in [0.29, 0.717) is 22.7 Å². The lowest BCUT2D eigenvalue weighted by molar-refractivity contribution is -0.111. The van der Waals surface area contributed by atoms with Crippen LogP contribution in [0, 0.1) is 0 Å². The molecule has 2 amide bonds. The second-order valence-corrected chi connectivity index (χ2v) is 5.93. The Morgan fingerprint density at radius 3 is 2.18 bits per heavy atom. The second-order valence-electron chi connectivity index (χ2n) is 5.93. The van der Waals surface area contributed by atoms with E-state index in [4.69, 9.17) is 4.74 Å². The lowest BCUT2D eigenvalue weighted by Gasteiger charge is -2.12. The predicted molar refractivity (Wildman–Crippen MR) is 111 cm³/mol. The topological polar surface area (TPSA) is 67.4 Å². The molecule has 3 rings (SSSR count). The quantitative estimate of drug-likeness (QED) is 0.622. The van der Waals surface area contributed by atoms with Crippen LogP contribution < -0.4 is 15.4 Å². The molecule has 5 nitrogen and oxygen atoms in total. The molecular weight excluding hydrogens is 352 g/mol. The maximum absolute atomic E-state index is 12.7. The lowest BCUT2D eigenvalue weighted by Crippen LogP contribution is -2.17. The molecule has 140 valence electrons. The molecule has 0 fully saturated rings. The van der Waals surface area contributed by atoms with E-state index < -0.39 is 0 Å². The first-order valence-corrected chi connectivity index (χ1v) is 8.75. The zero-order valence-electron chi connectivity index (χ0n) is 15.4. The van der Waals surface area contributed by atoms with Crippen molar-refractivity contribution < 1.29 is 14.3 Å². The van der Waals surface area contributed by atoms with Crippen molar-refractivity contribution in [2.45, 2.75) is 0 Å². The normalized spacial score (nSPS) is 10.5. The Bertz CT molecular complexity index is 997. The summed E-state index contributed by atoms with van der Waals surface area (Å²) in [7, 11) is 1.54. The van der Waals surface area contributed by atoms with Crippen molar-refractivity contribution in [2.24, 2.45) is 0 Å². The van der Waals surface area contributed by atoms with Crippen molar-refractivity contribution in [3.63, 3.8) is 0 Å². The fourth-order valence-electron chi connectivity index (χ4n) is 2.64. The van der Waals surface area contributed by atoms with Gasteiger partial charge in [0.2, 0.25) is 5.91 Å². The third-order valence-corrected chi connectivity index (χ3v) is 4.01. The third kappa shape index (κ3) is 4.86. The highest BCUT2D eigenvalue weighted by molar-refractivity contribution is 6.12. The SMILES string of the molecule is COc1ccccc1NC(=O)c1ccccc1NC(=O)C=Cc1ccccc1. The number of benzene rings is 3. The van der Waals surface area contributed by atoms with E-state index in [2.05, 4.69) is 10.6 Å². The maximum atomic E-state index is 12.7. The number of hydrogen-bond donors (Lipinski definition) is 2. The van der Waals surface area contributed by atoms with Gasteiger partial charge >= 0.3 is 0 Å². The standard InChI is InChI=1S/C23H20N2O3/c1-28-21-14-8-7-13-20(21)25-23(27)18-11-5-6-12-19(18)24-22(26)16-15-17-9-3-2-4-10-17/h2-16H,1H3,(H,24,26)(H,25,27). The first kappa shape index (κ1) is 18.9. The van der Waals surface area contributed by atoms with E-state index in [-0.39, 0.29) is 11.8 Å². The highest BCUT2D eigenvalue weighted by Gasteiger charge is 2.14. The average Bonchev–Trinajstić information content (AvgIpc) is 2.74. The number of para-hydroxylation sites is 3. The Morgan fingerprint density at radius 1 is 0.786 bits per heavy atom. The van der Waals surface area contributed by atoms with Crippen LogP contribution in [-0.2, 0) is 4.79 Å². The number of anilines is 2. The van der Waals surface area contributed by atoms with Gasteiger partial charge in [0.15, 0.2) is 0 Å². The van der Waals surface area contributed by atoms with E-state index in [1.54, 1.807) is 48.5 Å². The monoisotopic (exact) mass is 372 g/mol. The molecule has 0 bridgehead atoms. The first-order valence-electron chi connectivity index (χ1n) is 8.75. The number of nitrogens with one attached hydrogen (secondary N) is 2. The molecule has 0 spiro atoms. The van der Waals surface area contributed by atoms with Gasteiger partial charge in [-0.25, -0.2) is 0 Å². The zero-order chi connectivity index (χ0) is 19.8. The van der Waals surface area contributed by atoms with Gasteiger partial charge in [0.25, 0.3) is 5.91 Å². The molecule has 0 aromatic heterocycles. The van der Waals surface area contributed by atoms with Crippen LogP contribution in [0.1, 0.15) is 15.9 Å². The highest BCUT2D eigenvalue weighted by atomic mass is 16.5. The summed E-state index contributed by atoms with van der Waals surface area (Å²) in [4.78, 5) is 25.0. The van der Waals surface area contributed by atoms with Crippen molar-refractivity contribution in [1.82, 2.24) is 0 Å². The first-order chi connectivity index (χ1) is 13.7. The van der Waals surface area contributed by atoms with Gasteiger partial charge in [-0.1, -0.05) is 54.6 Å². The number of carbonyl (C=O) groups excluding carboxylic acids is 2. The third-order valence-electron chi connectivity index (χ3n) is 4.01. The van der Waals surface area contributed by atoms with Crippen LogP contribution >= 0.6 is 0 Å². The van der Waals surface area contributed by atoms with Crippen molar-refractivity contribution in [3.05, 3.63) is 96.1 Å². The Hall–Kier alpha value is -3.86. The van der Waals surface area contributed by atoms with Crippen LogP contribution in [0.2, 0.25) is 0 Å². The molecule has 28 heavy (non-hydrogen) atoms. The van der Waals surface area contributed by atoms with Crippen LogP contribution in [0.5, 0.6) is 5.75 Å². The molecule has 0 aliphatic carbocycles. The molecular formula is C23H20N2O3. The zero-order valence-corrected chi connectivity index (χ0v) is 15.4. The summed E-state index contributed by atoms with van der Waals surface area (Å²) >= 11 is 0. The molecule has 0 heterocycles. The summed E-state index contributed by atoms with van der Waals surface area (Å²) < 4.78 is 5.26. The number of rotatable bonds is 6. The van der Waals surface area contributed by atoms with Crippen molar-refractivity contribution in [2.75, 3.05) is 17.7 Å². The number of methoxy groups -OCH3 is 1. The van der Waals surface area contributed by atoms with Crippen molar-refractivity contribution in [1.29, 1.82) is 0 Å². The lowest BCUT2D eigenvalue weighted by atomic mass is 10.1. The Balaban J connectivity index is 1.74. The van der Waals surface area contributed by atoms with Crippen molar-refractivity contribution in [3.8, 4) is 5.75 Å².